The molecule has 0 saturated carbocycles. The molecular formula is C13H18BrClN2. The molecule has 2 N–H and O–H groups in total. The number of hydrogen-bond acceptors (Lipinski definition) is 2. The first-order valence-corrected chi connectivity index (χ1v) is 7.15. The van der Waals surface area contributed by atoms with Crippen LogP contribution in [0.1, 0.15) is 18.9 Å². The zero-order valence-corrected chi connectivity index (χ0v) is 12.3. The first-order chi connectivity index (χ1) is 8.10. The predicted molar refractivity (Wildman–Crippen MR) is 76.2 cm³/mol. The summed E-state index contributed by atoms with van der Waals surface area (Å²) in [7, 11) is 0. The highest BCUT2D eigenvalue weighted by Crippen LogP contribution is 2.28. The molecule has 1 saturated heterocycles. The van der Waals surface area contributed by atoms with Crippen molar-refractivity contribution in [2.24, 2.45) is 11.7 Å². The lowest BCUT2D eigenvalue weighted by Crippen LogP contribution is -2.27. The molecule has 1 aromatic carbocycles. The van der Waals surface area contributed by atoms with Crippen LogP contribution in [-0.4, -0.2) is 24.0 Å². The van der Waals surface area contributed by atoms with Crippen molar-refractivity contribution in [3.05, 3.63) is 33.3 Å². The molecule has 4 heteroatoms. The van der Waals surface area contributed by atoms with Crippen LogP contribution in [0.5, 0.6) is 0 Å². The highest BCUT2D eigenvalue weighted by molar-refractivity contribution is 9.10. The van der Waals surface area contributed by atoms with Crippen LogP contribution in [-0.2, 0) is 6.54 Å². The molecule has 17 heavy (non-hydrogen) atoms. The Labute approximate surface area is 116 Å². The Hall–Kier alpha value is -0.0900. The van der Waals surface area contributed by atoms with E-state index in [0.29, 0.717) is 12.0 Å². The van der Waals surface area contributed by atoms with Gasteiger partial charge in [0.15, 0.2) is 0 Å². The summed E-state index contributed by atoms with van der Waals surface area (Å²) in [5.41, 5.74) is 7.00. The maximum absolute atomic E-state index is 6.04. The van der Waals surface area contributed by atoms with Gasteiger partial charge < -0.3 is 5.73 Å². The summed E-state index contributed by atoms with van der Waals surface area (Å²) >= 11 is 9.62. The van der Waals surface area contributed by atoms with Crippen molar-refractivity contribution in [3.63, 3.8) is 0 Å². The second-order valence-corrected chi connectivity index (χ2v) is 6.14. The van der Waals surface area contributed by atoms with Gasteiger partial charge >= 0.3 is 0 Å². The fourth-order valence-electron chi connectivity index (χ4n) is 2.49. The number of halogens is 2. The highest BCUT2D eigenvalue weighted by Gasteiger charge is 2.28. The quantitative estimate of drug-likeness (QED) is 0.927. The smallest absolute Gasteiger partial charge is 0.0410 e. The molecule has 0 bridgehead atoms. The third-order valence-corrected chi connectivity index (χ3v) is 4.51. The summed E-state index contributed by atoms with van der Waals surface area (Å²) in [5.74, 6) is 0.642. The van der Waals surface area contributed by atoms with Gasteiger partial charge in [0.25, 0.3) is 0 Å². The summed E-state index contributed by atoms with van der Waals surface area (Å²) in [5, 5.41) is 0.797. The van der Waals surface area contributed by atoms with Crippen LogP contribution in [0.2, 0.25) is 5.02 Å². The van der Waals surface area contributed by atoms with Gasteiger partial charge in [0.05, 0.1) is 0 Å². The third-order valence-electron chi connectivity index (χ3n) is 3.51. The van der Waals surface area contributed by atoms with Gasteiger partial charge in [-0.05, 0) is 49.6 Å². The molecule has 1 fully saturated rings. The molecule has 1 heterocycles. The number of likely N-dealkylation sites (tertiary alicyclic amines) is 1. The van der Waals surface area contributed by atoms with Crippen LogP contribution in [0, 0.1) is 5.92 Å². The zero-order valence-electron chi connectivity index (χ0n) is 10.00. The first-order valence-electron chi connectivity index (χ1n) is 5.98. The van der Waals surface area contributed by atoms with E-state index in [2.05, 4.69) is 27.8 Å². The van der Waals surface area contributed by atoms with Gasteiger partial charge in [-0.3, -0.25) is 4.90 Å². The second-order valence-electron chi connectivity index (χ2n) is 4.85. The van der Waals surface area contributed by atoms with Gasteiger partial charge in [-0.1, -0.05) is 27.5 Å². The Morgan fingerprint density at radius 1 is 1.53 bits per heavy atom. The molecule has 0 aliphatic carbocycles. The van der Waals surface area contributed by atoms with E-state index in [1.165, 1.54) is 12.0 Å². The van der Waals surface area contributed by atoms with Crippen molar-refractivity contribution in [1.29, 1.82) is 0 Å². The monoisotopic (exact) mass is 316 g/mol. The fourth-order valence-corrected chi connectivity index (χ4v) is 3.06. The second kappa shape index (κ2) is 5.70. The number of rotatable bonds is 3. The molecule has 0 amide bonds. The minimum Gasteiger partial charge on any atom is -0.330 e. The summed E-state index contributed by atoms with van der Waals surface area (Å²) in [6.07, 6.45) is 1.20. The highest BCUT2D eigenvalue weighted by atomic mass is 79.9. The van der Waals surface area contributed by atoms with Crippen molar-refractivity contribution in [1.82, 2.24) is 4.90 Å². The molecule has 1 aliphatic rings. The summed E-state index contributed by atoms with van der Waals surface area (Å²) in [6.45, 7) is 5.10. The fraction of sp³-hybridized carbons (Fsp3) is 0.538. The first kappa shape index (κ1) is 13.3. The molecular weight excluding hydrogens is 300 g/mol. The van der Waals surface area contributed by atoms with Gasteiger partial charge in [-0.25, -0.2) is 0 Å². The van der Waals surface area contributed by atoms with E-state index in [0.717, 1.165) is 29.1 Å². The predicted octanol–water partition coefficient (Wildman–Crippen LogP) is 3.27. The Morgan fingerprint density at radius 3 is 2.94 bits per heavy atom. The molecule has 1 aliphatic heterocycles. The molecule has 0 radical (unpaired) electrons. The van der Waals surface area contributed by atoms with Crippen LogP contribution in [0.25, 0.3) is 0 Å². The van der Waals surface area contributed by atoms with Crippen LogP contribution in [0.3, 0.4) is 0 Å². The van der Waals surface area contributed by atoms with E-state index in [1.54, 1.807) is 0 Å². The number of hydrogen-bond donors (Lipinski definition) is 1. The van der Waals surface area contributed by atoms with Crippen molar-refractivity contribution < 1.29 is 0 Å². The van der Waals surface area contributed by atoms with E-state index in [4.69, 9.17) is 17.3 Å². The standard InChI is InChI=1S/C13H18BrClN2/c1-9-4-10(6-16)7-17(9)8-11-5-12(15)2-3-13(11)14/h2-3,5,9-10H,4,6-8,16H2,1H3. The zero-order chi connectivity index (χ0) is 12.4. The van der Waals surface area contributed by atoms with Gasteiger partial charge in [0.2, 0.25) is 0 Å². The summed E-state index contributed by atoms with van der Waals surface area (Å²) in [4.78, 5) is 2.48. The maximum Gasteiger partial charge on any atom is 0.0410 e. The van der Waals surface area contributed by atoms with Crippen molar-refractivity contribution in [2.45, 2.75) is 25.9 Å². The van der Waals surface area contributed by atoms with Crippen LogP contribution in [0.15, 0.2) is 22.7 Å². The average Bonchev–Trinajstić information content (AvgIpc) is 2.65. The van der Waals surface area contributed by atoms with Crippen molar-refractivity contribution in [3.8, 4) is 0 Å². The summed E-state index contributed by atoms with van der Waals surface area (Å²) < 4.78 is 1.13. The lowest BCUT2D eigenvalue weighted by Gasteiger charge is -2.21. The van der Waals surface area contributed by atoms with Gasteiger partial charge in [0, 0.05) is 28.6 Å². The third kappa shape index (κ3) is 3.22. The van der Waals surface area contributed by atoms with Crippen LogP contribution in [0.4, 0.5) is 0 Å². The van der Waals surface area contributed by atoms with E-state index in [-0.39, 0.29) is 0 Å². The number of nitrogens with two attached hydrogens (primary N) is 1. The summed E-state index contributed by atoms with van der Waals surface area (Å²) in [6, 6.07) is 6.56. The number of nitrogens with zero attached hydrogens (tertiary/aromatic N) is 1. The molecule has 0 spiro atoms. The van der Waals surface area contributed by atoms with E-state index < -0.39 is 0 Å². The lowest BCUT2D eigenvalue weighted by molar-refractivity contribution is 0.255. The van der Waals surface area contributed by atoms with Crippen molar-refractivity contribution >= 4 is 27.5 Å². The van der Waals surface area contributed by atoms with Gasteiger partial charge in [-0.2, -0.15) is 0 Å². The molecule has 0 aromatic heterocycles. The average molecular weight is 318 g/mol. The largest absolute Gasteiger partial charge is 0.330 e. The molecule has 94 valence electrons. The topological polar surface area (TPSA) is 29.3 Å². The Bertz CT molecular complexity index is 397. The maximum atomic E-state index is 6.04. The molecule has 2 unspecified atom stereocenters. The molecule has 2 rings (SSSR count). The Morgan fingerprint density at radius 2 is 2.29 bits per heavy atom. The Kier molecular flexibility index (Phi) is 4.47. The normalized spacial score (nSPS) is 25.4. The van der Waals surface area contributed by atoms with E-state index >= 15 is 0 Å². The van der Waals surface area contributed by atoms with Gasteiger partial charge in [0.1, 0.15) is 0 Å². The Balaban J connectivity index is 2.08. The van der Waals surface area contributed by atoms with Crippen LogP contribution < -0.4 is 5.73 Å². The minimum atomic E-state index is 0.606. The molecule has 2 atom stereocenters. The number of benzene rings is 1. The minimum absolute atomic E-state index is 0.606. The lowest BCUT2D eigenvalue weighted by atomic mass is 10.1. The van der Waals surface area contributed by atoms with Crippen LogP contribution >= 0.6 is 27.5 Å². The van der Waals surface area contributed by atoms with E-state index in [1.807, 2.05) is 18.2 Å². The van der Waals surface area contributed by atoms with Gasteiger partial charge in [-0.15, -0.1) is 0 Å². The molecule has 2 nitrogen and oxygen atoms in total. The van der Waals surface area contributed by atoms with Crippen molar-refractivity contribution in [2.75, 3.05) is 13.1 Å². The molecule has 1 aromatic rings. The SMILES string of the molecule is CC1CC(CN)CN1Cc1cc(Cl)ccc1Br. The van der Waals surface area contributed by atoms with E-state index in [9.17, 15) is 0 Å².